The van der Waals surface area contributed by atoms with E-state index in [0.717, 1.165) is 40.0 Å². The Bertz CT molecular complexity index is 2240. The predicted octanol–water partition coefficient (Wildman–Crippen LogP) is 3.74. The molecule has 6 heterocycles. The minimum absolute atomic E-state index is 0.170. The molecular formula is C45H56N4O9. The van der Waals surface area contributed by atoms with E-state index in [2.05, 4.69) is 33.0 Å². The molecule has 3 fully saturated rings. The van der Waals surface area contributed by atoms with Crippen molar-refractivity contribution >= 4 is 34.5 Å². The molecule has 13 nitrogen and oxygen atoms in total. The van der Waals surface area contributed by atoms with Crippen molar-refractivity contribution in [2.45, 2.75) is 106 Å². The number of rotatable bonds is 7. The molecule has 3 aromatic rings. The molecule has 3 N–H and O–H groups in total. The summed E-state index contributed by atoms with van der Waals surface area (Å²) < 4.78 is 23.9. The van der Waals surface area contributed by atoms with Gasteiger partial charge in [-0.1, -0.05) is 44.2 Å². The SMILES string of the molecule is CC[C@]1(O)C[C@H]2C[C@](C(=O)OC)(c3cc4c(cc3OC)N(C)[C@H]3[C@@](O)(C(=O)OC)[C@H](OC(C)=O)[C@]5(CC)C=CCN6CC[C@]43[C@@H]65)c3[nH]c4ccccc4c3CCN2C1. The zero-order chi connectivity index (χ0) is 41.2. The number of anilines is 1. The summed E-state index contributed by atoms with van der Waals surface area (Å²) in [4.78, 5) is 53.0. The van der Waals surface area contributed by atoms with Crippen LogP contribution in [0.1, 0.15) is 75.3 Å². The molecule has 9 rings (SSSR count). The van der Waals surface area contributed by atoms with Crippen LogP contribution in [0.4, 0.5) is 5.69 Å². The molecule has 310 valence electrons. The molecule has 1 spiro atoms. The van der Waals surface area contributed by atoms with Crippen LogP contribution in [0, 0.1) is 5.41 Å². The second-order valence-electron chi connectivity index (χ2n) is 17.7. The number of hydrogen-bond acceptors (Lipinski definition) is 12. The first-order chi connectivity index (χ1) is 27.7. The molecule has 1 aliphatic carbocycles. The Morgan fingerprint density at radius 1 is 0.931 bits per heavy atom. The van der Waals surface area contributed by atoms with Gasteiger partial charge in [0.05, 0.1) is 33.0 Å². The van der Waals surface area contributed by atoms with Crippen molar-refractivity contribution in [1.82, 2.24) is 14.8 Å². The molecule has 9 atom stereocenters. The fourth-order valence-corrected chi connectivity index (χ4v) is 13.2. The average molecular weight is 797 g/mol. The van der Waals surface area contributed by atoms with Gasteiger partial charge in [-0.05, 0) is 68.3 Å². The maximum absolute atomic E-state index is 15.2. The highest BCUT2D eigenvalue weighted by atomic mass is 16.6. The lowest BCUT2D eigenvalue weighted by molar-refractivity contribution is -0.228. The summed E-state index contributed by atoms with van der Waals surface area (Å²) in [6, 6.07) is 10.7. The number of methoxy groups -OCH3 is 3. The summed E-state index contributed by atoms with van der Waals surface area (Å²) in [5, 5.41) is 26.1. The van der Waals surface area contributed by atoms with E-state index in [1.54, 1.807) is 7.11 Å². The first-order valence-corrected chi connectivity index (χ1v) is 20.7. The highest BCUT2D eigenvalue weighted by Crippen LogP contribution is 2.68. The van der Waals surface area contributed by atoms with Crippen molar-refractivity contribution in [3.05, 3.63) is 70.9 Å². The molecule has 6 aliphatic rings. The van der Waals surface area contributed by atoms with E-state index in [-0.39, 0.29) is 12.1 Å². The van der Waals surface area contributed by atoms with Gasteiger partial charge in [0, 0.05) is 90.4 Å². The van der Waals surface area contributed by atoms with Crippen molar-refractivity contribution in [3.63, 3.8) is 0 Å². The monoisotopic (exact) mass is 796 g/mol. The van der Waals surface area contributed by atoms with E-state index in [4.69, 9.17) is 18.9 Å². The second kappa shape index (κ2) is 13.3. The number of H-pyrrole nitrogens is 1. The number of nitrogens with one attached hydrogen (secondary N) is 1. The van der Waals surface area contributed by atoms with E-state index < -0.39 is 57.5 Å². The van der Waals surface area contributed by atoms with Gasteiger partial charge in [0.15, 0.2) is 6.10 Å². The van der Waals surface area contributed by atoms with Gasteiger partial charge in [-0.3, -0.25) is 19.4 Å². The minimum Gasteiger partial charge on any atom is -0.496 e. The summed E-state index contributed by atoms with van der Waals surface area (Å²) in [7, 11) is 6.13. The lowest BCUT2D eigenvalue weighted by atomic mass is 9.47. The lowest BCUT2D eigenvalue weighted by Crippen LogP contribution is -2.81. The molecule has 0 bridgehead atoms. The summed E-state index contributed by atoms with van der Waals surface area (Å²) in [6.07, 6.45) is 5.89. The summed E-state index contributed by atoms with van der Waals surface area (Å²) >= 11 is 0. The number of ether oxygens (including phenoxy) is 4. The quantitative estimate of drug-likeness (QED) is 0.181. The molecule has 13 heteroatoms. The third-order valence-corrected chi connectivity index (χ3v) is 15.4. The van der Waals surface area contributed by atoms with Crippen LogP contribution < -0.4 is 9.64 Å². The molecule has 2 aromatic carbocycles. The Labute approximate surface area is 339 Å². The first-order valence-electron chi connectivity index (χ1n) is 20.7. The Morgan fingerprint density at radius 2 is 1.69 bits per heavy atom. The van der Waals surface area contributed by atoms with Gasteiger partial charge < -0.3 is 39.0 Å². The van der Waals surface area contributed by atoms with Crippen molar-refractivity contribution in [3.8, 4) is 5.75 Å². The largest absolute Gasteiger partial charge is 0.496 e. The fourth-order valence-electron chi connectivity index (χ4n) is 13.2. The Hall–Kier alpha value is -4.43. The summed E-state index contributed by atoms with van der Waals surface area (Å²) in [6.45, 7) is 7.85. The number of para-hydroxylation sites is 1. The molecule has 1 aromatic heterocycles. The molecule has 0 unspecified atom stereocenters. The van der Waals surface area contributed by atoms with Gasteiger partial charge in [0.2, 0.25) is 5.60 Å². The third-order valence-electron chi connectivity index (χ3n) is 15.4. The maximum atomic E-state index is 15.2. The van der Waals surface area contributed by atoms with Gasteiger partial charge in [0.1, 0.15) is 11.2 Å². The van der Waals surface area contributed by atoms with Crippen LogP contribution in [0.15, 0.2) is 48.6 Å². The Morgan fingerprint density at radius 3 is 2.38 bits per heavy atom. The first kappa shape index (κ1) is 39.1. The number of aromatic nitrogens is 1. The normalized spacial score (nSPS) is 36.3. The number of benzene rings is 2. The van der Waals surface area contributed by atoms with E-state index >= 15 is 4.79 Å². The second-order valence-corrected chi connectivity index (χ2v) is 17.7. The number of likely N-dealkylation sites (N-methyl/N-ethyl adjacent to an activating group) is 1. The number of carbonyl (C=O) groups is 3. The van der Waals surface area contributed by atoms with Gasteiger partial charge in [-0.15, -0.1) is 0 Å². The van der Waals surface area contributed by atoms with Gasteiger partial charge in [-0.2, -0.15) is 0 Å². The Kier molecular flexibility index (Phi) is 8.95. The number of aliphatic hydroxyl groups is 2. The Balaban J connectivity index is 1.36. The van der Waals surface area contributed by atoms with Crippen LogP contribution >= 0.6 is 0 Å². The smallest absolute Gasteiger partial charge is 0.344 e. The van der Waals surface area contributed by atoms with Gasteiger partial charge in [0.25, 0.3) is 0 Å². The van der Waals surface area contributed by atoms with Crippen LogP contribution in [0.25, 0.3) is 10.9 Å². The zero-order valence-electron chi connectivity index (χ0n) is 34.6. The molecule has 0 radical (unpaired) electrons. The lowest BCUT2D eigenvalue weighted by Gasteiger charge is -2.63. The van der Waals surface area contributed by atoms with Crippen LogP contribution in [0.5, 0.6) is 5.75 Å². The molecule has 5 aliphatic heterocycles. The van der Waals surface area contributed by atoms with Gasteiger partial charge >= 0.3 is 17.9 Å². The third kappa shape index (κ3) is 4.81. The van der Waals surface area contributed by atoms with E-state index in [9.17, 15) is 19.8 Å². The summed E-state index contributed by atoms with van der Waals surface area (Å²) in [5.74, 6) is -1.48. The standard InChI is InChI=1S/C45H56N4O9/c1-8-41(53)23-27-24-44(39(51)56-6,35-29(15-19-49(27)25-41)28-13-10-11-14-32(28)46-35)31-21-30-33(22-34(31)55-5)47(4)37-43(30)17-20-48-18-12-16-42(9-2,36(43)48)38(58-26(3)50)45(37,54)40(52)57-7/h10-14,16,21-22,27,36-38,46,53-54H,8-9,15,17-20,23-25H2,1-7H3/t27-,36-,37+,38+,41-,42+,43+,44-,45-/m0/s1. The highest BCUT2D eigenvalue weighted by molar-refractivity contribution is 5.95. The van der Waals surface area contributed by atoms with Crippen LogP contribution in [0.3, 0.4) is 0 Å². The number of hydrogen-bond donors (Lipinski definition) is 3. The van der Waals surface area contributed by atoms with Crippen molar-refractivity contribution < 1.29 is 43.5 Å². The maximum Gasteiger partial charge on any atom is 0.344 e. The van der Waals surface area contributed by atoms with Crippen molar-refractivity contribution in [1.29, 1.82) is 0 Å². The fraction of sp³-hybridized carbons (Fsp3) is 0.578. The zero-order valence-corrected chi connectivity index (χ0v) is 34.6. The van der Waals surface area contributed by atoms with Crippen LogP contribution in [-0.2, 0) is 45.8 Å². The summed E-state index contributed by atoms with van der Waals surface area (Å²) in [5.41, 5.74) is -1.64. The number of nitrogens with zero attached hydrogens (tertiary/aromatic N) is 3. The predicted molar refractivity (Wildman–Crippen MR) is 216 cm³/mol. The van der Waals surface area contributed by atoms with Crippen LogP contribution in [-0.4, -0.2) is 133 Å². The van der Waals surface area contributed by atoms with Crippen molar-refractivity contribution in [2.24, 2.45) is 5.41 Å². The average Bonchev–Trinajstić information content (AvgIpc) is 3.95. The van der Waals surface area contributed by atoms with Gasteiger partial charge in [-0.25, -0.2) is 4.79 Å². The highest BCUT2D eigenvalue weighted by Gasteiger charge is 2.80. The molecule has 1 saturated carbocycles. The number of fused-ring (bicyclic) bond motifs is 5. The molecule has 58 heavy (non-hydrogen) atoms. The number of aromatic amines is 1. The number of esters is 3. The molecule has 0 amide bonds. The van der Waals surface area contributed by atoms with E-state index in [1.165, 1.54) is 21.1 Å². The van der Waals surface area contributed by atoms with Crippen LogP contribution in [0.2, 0.25) is 0 Å². The topological polar surface area (TPSA) is 154 Å². The molecule has 2 saturated heterocycles. The van der Waals surface area contributed by atoms with Crippen molar-refractivity contribution in [2.75, 3.05) is 59.5 Å². The van der Waals surface area contributed by atoms with E-state index in [1.807, 2.05) is 56.1 Å². The van der Waals surface area contributed by atoms with E-state index in [0.29, 0.717) is 69.5 Å². The minimum atomic E-state index is -2.30. The number of carbonyl (C=O) groups excluding carboxylic acids is 3. The molecular weight excluding hydrogens is 741 g/mol.